The molecule has 0 saturated carbocycles. The van der Waals surface area contributed by atoms with Gasteiger partial charge in [-0.15, -0.1) is 11.3 Å². The van der Waals surface area contributed by atoms with Crippen molar-refractivity contribution in [3.8, 4) is 11.8 Å². The topological polar surface area (TPSA) is 9.23 Å². The van der Waals surface area contributed by atoms with Crippen LogP contribution in [0.25, 0.3) is 0 Å². The Hall–Kier alpha value is -1.20. The molecule has 0 aliphatic carbocycles. The number of thiophene rings is 1. The summed E-state index contributed by atoms with van der Waals surface area (Å²) >= 11 is 1.63. The highest BCUT2D eigenvalue weighted by Gasteiger charge is 1.81. The number of rotatable bonds is 1. The summed E-state index contributed by atoms with van der Waals surface area (Å²) in [4.78, 5) is 1.07. The van der Waals surface area contributed by atoms with E-state index in [2.05, 4.69) is 16.6 Å². The van der Waals surface area contributed by atoms with Crippen molar-refractivity contribution >= 4 is 11.3 Å². The Morgan fingerprint density at radius 3 is 3.18 bits per heavy atom. The minimum absolute atomic E-state index is 1.07. The molecular weight excluding hydrogens is 156 g/mol. The Balaban J connectivity index is 2.52. The Labute approximate surface area is 70.3 Å². The summed E-state index contributed by atoms with van der Waals surface area (Å²) in [5.74, 6) is 5.80. The van der Waals surface area contributed by atoms with E-state index in [0.29, 0.717) is 0 Å². The maximum Gasteiger partial charge on any atom is 0.0908 e. The van der Waals surface area contributed by atoms with Gasteiger partial charge in [0, 0.05) is 6.08 Å². The third-order valence-electron chi connectivity index (χ3n) is 1.00. The highest BCUT2D eigenvalue weighted by Crippen LogP contribution is 2.05. The zero-order valence-electron chi connectivity index (χ0n) is 6.20. The maximum atomic E-state index is 4.68. The smallest absolute Gasteiger partial charge is 0.0908 e. The van der Waals surface area contributed by atoms with E-state index in [1.54, 1.807) is 30.8 Å². The van der Waals surface area contributed by atoms with Crippen LogP contribution < -0.4 is 0 Å². The first-order chi connectivity index (χ1) is 5.43. The minimum Gasteiger partial charge on any atom is -0.504 e. The molecule has 1 aromatic heterocycles. The maximum absolute atomic E-state index is 4.68. The van der Waals surface area contributed by atoms with Crippen molar-refractivity contribution in [3.05, 3.63) is 34.7 Å². The molecule has 0 fully saturated rings. The summed E-state index contributed by atoms with van der Waals surface area (Å²) in [6.45, 7) is 0. The van der Waals surface area contributed by atoms with Gasteiger partial charge in [0.25, 0.3) is 0 Å². The second-order valence-electron chi connectivity index (χ2n) is 1.79. The fourth-order valence-corrected chi connectivity index (χ4v) is 1.14. The van der Waals surface area contributed by atoms with E-state index in [9.17, 15) is 0 Å². The largest absolute Gasteiger partial charge is 0.504 e. The molecule has 0 radical (unpaired) electrons. The fourth-order valence-electron chi connectivity index (χ4n) is 0.565. The molecule has 0 aliphatic rings. The van der Waals surface area contributed by atoms with Gasteiger partial charge in [0.15, 0.2) is 0 Å². The molecule has 0 amide bonds. The first kappa shape index (κ1) is 7.90. The van der Waals surface area contributed by atoms with E-state index in [1.165, 1.54) is 0 Å². The predicted molar refractivity (Wildman–Crippen MR) is 47.3 cm³/mol. The molecule has 0 bridgehead atoms. The summed E-state index contributed by atoms with van der Waals surface area (Å²) in [5, 5.41) is 2.00. The second-order valence-corrected chi connectivity index (χ2v) is 2.73. The summed E-state index contributed by atoms with van der Waals surface area (Å²) < 4.78 is 4.68. The molecule has 0 unspecified atom stereocenters. The van der Waals surface area contributed by atoms with Crippen LogP contribution in [-0.2, 0) is 4.74 Å². The number of hydrogen-bond donors (Lipinski definition) is 0. The molecule has 1 nitrogen and oxygen atoms in total. The highest BCUT2D eigenvalue weighted by molar-refractivity contribution is 7.10. The Kier molecular flexibility index (Phi) is 3.30. The first-order valence-corrected chi connectivity index (χ1v) is 4.04. The molecule has 0 spiro atoms. The predicted octanol–water partition coefficient (Wildman–Crippen LogP) is 2.26. The minimum atomic E-state index is 1.07. The van der Waals surface area contributed by atoms with E-state index in [-0.39, 0.29) is 0 Å². The van der Waals surface area contributed by atoms with Gasteiger partial charge in [-0.2, -0.15) is 0 Å². The Morgan fingerprint density at radius 2 is 2.55 bits per heavy atom. The van der Waals surface area contributed by atoms with E-state index >= 15 is 0 Å². The third kappa shape index (κ3) is 2.92. The summed E-state index contributed by atoms with van der Waals surface area (Å²) in [7, 11) is 1.60. The lowest BCUT2D eigenvalue weighted by Crippen LogP contribution is -1.62. The molecule has 1 rings (SSSR count). The van der Waals surface area contributed by atoms with Crippen LogP contribution in [-0.4, -0.2) is 7.11 Å². The van der Waals surface area contributed by atoms with Crippen LogP contribution in [0.15, 0.2) is 29.9 Å². The lowest BCUT2D eigenvalue weighted by Gasteiger charge is -1.78. The van der Waals surface area contributed by atoms with Gasteiger partial charge in [0.05, 0.1) is 18.2 Å². The van der Waals surface area contributed by atoms with Crippen LogP contribution in [0, 0.1) is 11.8 Å². The van der Waals surface area contributed by atoms with Gasteiger partial charge < -0.3 is 4.74 Å². The average molecular weight is 164 g/mol. The SMILES string of the molecule is CO/C=C/C#Cc1cccs1. The van der Waals surface area contributed by atoms with Crippen molar-refractivity contribution < 1.29 is 4.74 Å². The third-order valence-corrected chi connectivity index (χ3v) is 1.79. The van der Waals surface area contributed by atoms with Gasteiger partial charge >= 0.3 is 0 Å². The van der Waals surface area contributed by atoms with Gasteiger partial charge in [-0.1, -0.05) is 17.9 Å². The molecule has 2 heteroatoms. The quantitative estimate of drug-likeness (QED) is 0.457. The fraction of sp³-hybridized carbons (Fsp3) is 0.111. The molecule has 1 heterocycles. The molecule has 0 saturated heterocycles. The van der Waals surface area contributed by atoms with Crippen molar-refractivity contribution in [1.29, 1.82) is 0 Å². The lowest BCUT2D eigenvalue weighted by atomic mass is 10.4. The standard InChI is InChI=1S/C9H8OS/c1-10-7-3-2-5-9-6-4-8-11-9/h3-4,6-8H,1H3/b7-3+. The van der Waals surface area contributed by atoms with E-state index in [4.69, 9.17) is 0 Å². The molecular formula is C9H8OS. The van der Waals surface area contributed by atoms with Crippen molar-refractivity contribution in [1.82, 2.24) is 0 Å². The van der Waals surface area contributed by atoms with E-state index < -0.39 is 0 Å². The van der Waals surface area contributed by atoms with Gasteiger partial charge in [0.1, 0.15) is 0 Å². The van der Waals surface area contributed by atoms with Crippen LogP contribution in [0.2, 0.25) is 0 Å². The first-order valence-electron chi connectivity index (χ1n) is 3.16. The van der Waals surface area contributed by atoms with Crippen LogP contribution in [0.3, 0.4) is 0 Å². The molecule has 1 aromatic rings. The summed E-state index contributed by atoms with van der Waals surface area (Å²) in [6, 6.07) is 3.97. The van der Waals surface area contributed by atoms with Crippen molar-refractivity contribution in [2.75, 3.05) is 7.11 Å². The molecule has 0 N–H and O–H groups in total. The van der Waals surface area contributed by atoms with Gasteiger partial charge in [-0.3, -0.25) is 0 Å². The van der Waals surface area contributed by atoms with Crippen molar-refractivity contribution in [2.24, 2.45) is 0 Å². The molecule has 56 valence electrons. The van der Waals surface area contributed by atoms with Crippen LogP contribution in [0.1, 0.15) is 4.88 Å². The van der Waals surface area contributed by atoms with Crippen molar-refractivity contribution in [3.63, 3.8) is 0 Å². The van der Waals surface area contributed by atoms with E-state index in [1.807, 2.05) is 17.5 Å². The number of hydrogen-bond acceptors (Lipinski definition) is 2. The number of methoxy groups -OCH3 is 1. The highest BCUT2D eigenvalue weighted by atomic mass is 32.1. The monoisotopic (exact) mass is 164 g/mol. The van der Waals surface area contributed by atoms with Gasteiger partial charge in [-0.05, 0) is 11.4 Å². The Morgan fingerprint density at radius 1 is 1.64 bits per heavy atom. The van der Waals surface area contributed by atoms with Crippen LogP contribution in [0.5, 0.6) is 0 Å². The average Bonchev–Trinajstić information content (AvgIpc) is 2.50. The molecule has 0 aromatic carbocycles. The summed E-state index contributed by atoms with van der Waals surface area (Å²) in [6.07, 6.45) is 3.24. The Bertz CT molecular complexity index is 274. The normalized spacial score (nSPS) is 9.18. The lowest BCUT2D eigenvalue weighted by molar-refractivity contribution is 0.338. The van der Waals surface area contributed by atoms with Crippen molar-refractivity contribution in [2.45, 2.75) is 0 Å². The number of ether oxygens (including phenoxy) is 1. The molecule has 0 aliphatic heterocycles. The van der Waals surface area contributed by atoms with Gasteiger partial charge in [-0.25, -0.2) is 0 Å². The molecule has 11 heavy (non-hydrogen) atoms. The summed E-state index contributed by atoms with van der Waals surface area (Å²) in [5.41, 5.74) is 0. The van der Waals surface area contributed by atoms with Crippen LogP contribution in [0.4, 0.5) is 0 Å². The zero-order valence-corrected chi connectivity index (χ0v) is 7.02. The molecule has 0 atom stereocenters. The van der Waals surface area contributed by atoms with Crippen LogP contribution >= 0.6 is 11.3 Å². The zero-order chi connectivity index (χ0) is 7.94. The van der Waals surface area contributed by atoms with E-state index in [0.717, 1.165) is 4.88 Å². The second kappa shape index (κ2) is 4.59. The number of allylic oxidation sites excluding steroid dienone is 1. The van der Waals surface area contributed by atoms with Gasteiger partial charge in [0.2, 0.25) is 0 Å².